The topological polar surface area (TPSA) is 75.6 Å². The highest BCUT2D eigenvalue weighted by atomic mass is 16.5. The number of carboxylic acids is 1. The van der Waals surface area contributed by atoms with Crippen LogP contribution in [-0.2, 0) is 9.53 Å². The quantitative estimate of drug-likeness (QED) is 0.899. The van der Waals surface area contributed by atoms with Crippen LogP contribution in [0.2, 0.25) is 0 Å². The van der Waals surface area contributed by atoms with Crippen molar-refractivity contribution in [3.8, 4) is 0 Å². The molecule has 1 aliphatic rings. The van der Waals surface area contributed by atoms with Crippen molar-refractivity contribution in [2.75, 3.05) is 13.2 Å². The van der Waals surface area contributed by atoms with E-state index in [1.807, 2.05) is 36.4 Å². The Morgan fingerprint density at radius 3 is 2.67 bits per heavy atom. The van der Waals surface area contributed by atoms with Crippen molar-refractivity contribution in [2.24, 2.45) is 5.92 Å². The highest BCUT2D eigenvalue weighted by Gasteiger charge is 2.35. The lowest BCUT2D eigenvalue weighted by molar-refractivity contribution is -0.142. The predicted octanol–water partition coefficient (Wildman–Crippen LogP) is 1.67. The summed E-state index contributed by atoms with van der Waals surface area (Å²) in [6, 6.07) is 12.6. The van der Waals surface area contributed by atoms with Gasteiger partial charge in [-0.25, -0.2) is 0 Å². The van der Waals surface area contributed by atoms with E-state index in [9.17, 15) is 9.59 Å². The van der Waals surface area contributed by atoms with Crippen molar-refractivity contribution >= 4 is 22.6 Å². The molecule has 5 nitrogen and oxygen atoms in total. The SMILES string of the molecule is O=C(NC1COCC1C(=O)O)c1cccc2ccccc12. The molecule has 0 aromatic heterocycles. The van der Waals surface area contributed by atoms with Crippen molar-refractivity contribution in [1.29, 1.82) is 0 Å². The van der Waals surface area contributed by atoms with Crippen LogP contribution in [0, 0.1) is 5.92 Å². The Balaban J connectivity index is 1.86. The zero-order chi connectivity index (χ0) is 14.8. The Labute approximate surface area is 121 Å². The second-order valence-corrected chi connectivity index (χ2v) is 5.09. The Morgan fingerprint density at radius 1 is 1.10 bits per heavy atom. The Kier molecular flexibility index (Phi) is 3.58. The van der Waals surface area contributed by atoms with Gasteiger partial charge in [-0.1, -0.05) is 36.4 Å². The first kappa shape index (κ1) is 13.6. The fourth-order valence-corrected chi connectivity index (χ4v) is 2.61. The number of carboxylic acid groups (broad SMARTS) is 1. The molecule has 1 amide bonds. The van der Waals surface area contributed by atoms with E-state index in [4.69, 9.17) is 9.84 Å². The van der Waals surface area contributed by atoms with E-state index in [1.54, 1.807) is 6.07 Å². The second-order valence-electron chi connectivity index (χ2n) is 5.09. The number of fused-ring (bicyclic) bond motifs is 1. The Bertz CT molecular complexity index is 692. The fourth-order valence-electron chi connectivity index (χ4n) is 2.61. The summed E-state index contributed by atoms with van der Waals surface area (Å²) in [6.45, 7) is 0.364. The summed E-state index contributed by atoms with van der Waals surface area (Å²) in [4.78, 5) is 23.5. The molecule has 1 heterocycles. The number of amides is 1. The number of carbonyl (C=O) groups is 2. The van der Waals surface area contributed by atoms with Gasteiger partial charge in [0, 0.05) is 5.56 Å². The molecule has 108 valence electrons. The number of hydrogen-bond donors (Lipinski definition) is 2. The summed E-state index contributed by atoms with van der Waals surface area (Å²) in [5.41, 5.74) is 0.545. The number of aliphatic carboxylic acids is 1. The van der Waals surface area contributed by atoms with Crippen LogP contribution in [0.4, 0.5) is 0 Å². The minimum Gasteiger partial charge on any atom is -0.481 e. The fraction of sp³-hybridized carbons (Fsp3) is 0.250. The van der Waals surface area contributed by atoms with Gasteiger partial charge in [0.1, 0.15) is 5.92 Å². The highest BCUT2D eigenvalue weighted by molar-refractivity contribution is 6.07. The van der Waals surface area contributed by atoms with Crippen LogP contribution in [0.3, 0.4) is 0 Å². The van der Waals surface area contributed by atoms with Crippen molar-refractivity contribution in [3.05, 3.63) is 48.0 Å². The maximum atomic E-state index is 12.4. The number of nitrogens with one attached hydrogen (secondary N) is 1. The lowest BCUT2D eigenvalue weighted by atomic mass is 10.0. The molecule has 2 aromatic carbocycles. The highest BCUT2D eigenvalue weighted by Crippen LogP contribution is 2.20. The van der Waals surface area contributed by atoms with Crippen molar-refractivity contribution in [1.82, 2.24) is 5.32 Å². The van der Waals surface area contributed by atoms with Gasteiger partial charge in [0.05, 0.1) is 19.3 Å². The van der Waals surface area contributed by atoms with E-state index in [-0.39, 0.29) is 19.1 Å². The number of carbonyl (C=O) groups excluding carboxylic acids is 1. The number of benzene rings is 2. The van der Waals surface area contributed by atoms with Gasteiger partial charge in [0.25, 0.3) is 5.91 Å². The third-order valence-corrected chi connectivity index (χ3v) is 3.75. The van der Waals surface area contributed by atoms with E-state index >= 15 is 0 Å². The monoisotopic (exact) mass is 285 g/mol. The standard InChI is InChI=1S/C16H15NO4/c18-15(17-14-9-21-8-13(14)16(19)20)12-7-3-5-10-4-1-2-6-11(10)12/h1-7,13-14H,8-9H2,(H,17,18)(H,19,20). The molecule has 21 heavy (non-hydrogen) atoms. The van der Waals surface area contributed by atoms with Crippen LogP contribution in [0.15, 0.2) is 42.5 Å². The smallest absolute Gasteiger partial charge is 0.311 e. The molecular weight excluding hydrogens is 270 g/mol. The van der Waals surface area contributed by atoms with Crippen LogP contribution in [0.25, 0.3) is 10.8 Å². The Hall–Kier alpha value is -2.40. The van der Waals surface area contributed by atoms with Gasteiger partial charge >= 0.3 is 5.97 Å². The number of hydrogen-bond acceptors (Lipinski definition) is 3. The van der Waals surface area contributed by atoms with E-state index in [0.717, 1.165) is 10.8 Å². The first-order valence-corrected chi connectivity index (χ1v) is 6.76. The summed E-state index contributed by atoms with van der Waals surface area (Å²) < 4.78 is 5.16. The van der Waals surface area contributed by atoms with Gasteiger partial charge in [-0.15, -0.1) is 0 Å². The minimum atomic E-state index is -0.948. The molecule has 1 fully saturated rings. The van der Waals surface area contributed by atoms with Gasteiger partial charge < -0.3 is 15.2 Å². The van der Waals surface area contributed by atoms with Gasteiger partial charge in [-0.2, -0.15) is 0 Å². The average Bonchev–Trinajstić information content (AvgIpc) is 2.95. The molecule has 0 radical (unpaired) electrons. The van der Waals surface area contributed by atoms with Crippen molar-refractivity contribution in [3.63, 3.8) is 0 Å². The lowest BCUT2D eigenvalue weighted by Crippen LogP contribution is -2.42. The Morgan fingerprint density at radius 2 is 1.86 bits per heavy atom. The zero-order valence-corrected chi connectivity index (χ0v) is 11.3. The predicted molar refractivity (Wildman–Crippen MR) is 77.1 cm³/mol. The maximum Gasteiger partial charge on any atom is 0.311 e. The van der Waals surface area contributed by atoms with E-state index in [2.05, 4.69) is 5.32 Å². The molecule has 1 saturated heterocycles. The summed E-state index contributed by atoms with van der Waals surface area (Å²) in [7, 11) is 0. The molecule has 2 atom stereocenters. The van der Waals surface area contributed by atoms with E-state index in [1.165, 1.54) is 0 Å². The molecule has 5 heteroatoms. The summed E-state index contributed by atoms with van der Waals surface area (Å²) >= 11 is 0. The number of rotatable bonds is 3. The van der Waals surface area contributed by atoms with Crippen LogP contribution in [0.5, 0.6) is 0 Å². The van der Waals surface area contributed by atoms with Gasteiger partial charge in [-0.05, 0) is 16.8 Å². The first-order chi connectivity index (χ1) is 10.2. The van der Waals surface area contributed by atoms with E-state index in [0.29, 0.717) is 5.56 Å². The zero-order valence-electron chi connectivity index (χ0n) is 11.3. The molecule has 0 spiro atoms. The van der Waals surface area contributed by atoms with Gasteiger partial charge in [-0.3, -0.25) is 9.59 Å². The molecule has 0 bridgehead atoms. The van der Waals surface area contributed by atoms with Crippen molar-refractivity contribution < 1.29 is 19.4 Å². The second kappa shape index (κ2) is 5.54. The van der Waals surface area contributed by atoms with Crippen molar-refractivity contribution in [2.45, 2.75) is 6.04 Å². The summed E-state index contributed by atoms with van der Waals surface area (Å²) in [5, 5.41) is 13.7. The third-order valence-electron chi connectivity index (χ3n) is 3.75. The van der Waals surface area contributed by atoms with Crippen LogP contribution in [0.1, 0.15) is 10.4 Å². The van der Waals surface area contributed by atoms with Gasteiger partial charge in [0.15, 0.2) is 0 Å². The average molecular weight is 285 g/mol. The van der Waals surface area contributed by atoms with Crippen LogP contribution in [-0.4, -0.2) is 36.2 Å². The van der Waals surface area contributed by atoms with E-state index < -0.39 is 17.9 Å². The third kappa shape index (κ3) is 2.60. The molecule has 1 aliphatic heterocycles. The largest absolute Gasteiger partial charge is 0.481 e. The molecule has 0 aliphatic carbocycles. The van der Waals surface area contributed by atoms with Crippen LogP contribution < -0.4 is 5.32 Å². The summed E-state index contributed by atoms with van der Waals surface area (Å²) in [5.74, 6) is -1.91. The normalized spacial score (nSPS) is 21.3. The van der Waals surface area contributed by atoms with Gasteiger partial charge in [0.2, 0.25) is 0 Å². The first-order valence-electron chi connectivity index (χ1n) is 6.76. The van der Waals surface area contributed by atoms with Crippen LogP contribution >= 0.6 is 0 Å². The molecule has 2 N–H and O–H groups in total. The number of ether oxygens (including phenoxy) is 1. The molecule has 0 saturated carbocycles. The minimum absolute atomic E-state index is 0.135. The molecular formula is C16H15NO4. The maximum absolute atomic E-state index is 12.4. The molecule has 2 aromatic rings. The summed E-state index contributed by atoms with van der Waals surface area (Å²) in [6.07, 6.45) is 0. The molecule has 3 rings (SSSR count). The molecule has 2 unspecified atom stereocenters. The lowest BCUT2D eigenvalue weighted by Gasteiger charge is -2.16.